The highest BCUT2D eigenvalue weighted by molar-refractivity contribution is 5.95. The van der Waals surface area contributed by atoms with Crippen LogP contribution in [0.2, 0.25) is 0 Å². The molecule has 1 unspecified atom stereocenters. The van der Waals surface area contributed by atoms with E-state index in [1.54, 1.807) is 0 Å². The molecule has 4 N–H and O–H groups in total. The lowest BCUT2D eigenvalue weighted by atomic mass is 9.79. The molecule has 1 amide bonds. The summed E-state index contributed by atoms with van der Waals surface area (Å²) in [6.45, 7) is 1.49. The molecule has 0 aromatic heterocycles. The highest BCUT2D eigenvalue weighted by Gasteiger charge is 2.38. The number of hydrogen-bond acceptors (Lipinski definition) is 4. The predicted octanol–water partition coefficient (Wildman–Crippen LogP) is 1.30. The smallest absolute Gasteiger partial charge is 0.254 e. The fraction of sp³-hybridized carbons (Fsp3) is 0.533. The summed E-state index contributed by atoms with van der Waals surface area (Å²) in [4.78, 5) is 14.3. The third-order valence-corrected chi connectivity index (χ3v) is 4.53. The zero-order valence-electron chi connectivity index (χ0n) is 11.3. The molecule has 5 heteroatoms. The predicted molar refractivity (Wildman–Crippen MR) is 74.5 cm³/mol. The lowest BCUT2D eigenvalue weighted by Crippen LogP contribution is -2.32. The lowest BCUT2D eigenvalue weighted by molar-refractivity contribution is 0.0783. The molecule has 0 spiro atoms. The lowest BCUT2D eigenvalue weighted by Gasteiger charge is -2.27. The zero-order valence-corrected chi connectivity index (χ0v) is 11.3. The van der Waals surface area contributed by atoms with Gasteiger partial charge in [0.05, 0.1) is 0 Å². The van der Waals surface area contributed by atoms with E-state index in [4.69, 9.17) is 5.73 Å². The van der Waals surface area contributed by atoms with E-state index >= 15 is 0 Å². The van der Waals surface area contributed by atoms with Crippen molar-refractivity contribution >= 4 is 5.91 Å². The largest absolute Gasteiger partial charge is 0.508 e. The number of hydrogen-bond donors (Lipinski definition) is 3. The van der Waals surface area contributed by atoms with Gasteiger partial charge in [-0.15, -0.1) is 0 Å². The molecule has 20 heavy (non-hydrogen) atoms. The molecule has 3 rings (SSSR count). The van der Waals surface area contributed by atoms with Crippen molar-refractivity contribution in [3.63, 3.8) is 0 Å². The van der Waals surface area contributed by atoms with Crippen molar-refractivity contribution in [3.05, 3.63) is 23.8 Å². The molecule has 1 saturated heterocycles. The van der Waals surface area contributed by atoms with Crippen LogP contribution < -0.4 is 5.73 Å². The van der Waals surface area contributed by atoms with E-state index in [2.05, 4.69) is 0 Å². The van der Waals surface area contributed by atoms with Gasteiger partial charge in [0.15, 0.2) is 0 Å². The summed E-state index contributed by atoms with van der Waals surface area (Å²) >= 11 is 0. The third-order valence-electron chi connectivity index (χ3n) is 4.53. The maximum atomic E-state index is 12.4. The van der Waals surface area contributed by atoms with E-state index < -0.39 is 0 Å². The fourth-order valence-electron chi connectivity index (χ4n) is 3.53. The summed E-state index contributed by atoms with van der Waals surface area (Å²) in [6, 6.07) is 4.28. The van der Waals surface area contributed by atoms with Crippen molar-refractivity contribution in [1.29, 1.82) is 0 Å². The molecule has 2 aliphatic rings. The molecule has 1 aromatic rings. The first-order valence-corrected chi connectivity index (χ1v) is 7.11. The second-order valence-corrected chi connectivity index (χ2v) is 6.04. The van der Waals surface area contributed by atoms with Gasteiger partial charge in [-0.05, 0) is 43.2 Å². The molecule has 2 fully saturated rings. The van der Waals surface area contributed by atoms with Gasteiger partial charge in [-0.3, -0.25) is 4.79 Å². The second-order valence-electron chi connectivity index (χ2n) is 6.04. The van der Waals surface area contributed by atoms with Gasteiger partial charge in [0.25, 0.3) is 5.91 Å². The maximum absolute atomic E-state index is 12.4. The van der Waals surface area contributed by atoms with E-state index in [9.17, 15) is 15.0 Å². The maximum Gasteiger partial charge on any atom is 0.254 e. The van der Waals surface area contributed by atoms with Crippen molar-refractivity contribution in [3.8, 4) is 11.5 Å². The minimum atomic E-state index is -0.126. The number of phenols is 2. The van der Waals surface area contributed by atoms with Crippen molar-refractivity contribution in [2.45, 2.75) is 25.3 Å². The Morgan fingerprint density at radius 2 is 1.75 bits per heavy atom. The normalized spacial score (nSPS) is 29.2. The number of rotatable bonds is 1. The summed E-state index contributed by atoms with van der Waals surface area (Å²) in [5.41, 5.74) is 6.33. The number of likely N-dealkylation sites (tertiary alicyclic amines) is 1. The van der Waals surface area contributed by atoms with Gasteiger partial charge in [-0.2, -0.15) is 0 Å². The number of amides is 1. The fourth-order valence-corrected chi connectivity index (χ4v) is 3.53. The Hall–Kier alpha value is -1.75. The second kappa shape index (κ2) is 4.98. The van der Waals surface area contributed by atoms with Crippen LogP contribution in [-0.4, -0.2) is 40.2 Å². The third kappa shape index (κ3) is 2.45. The van der Waals surface area contributed by atoms with Gasteiger partial charge in [-0.1, -0.05) is 0 Å². The van der Waals surface area contributed by atoms with Crippen LogP contribution in [0.25, 0.3) is 0 Å². The van der Waals surface area contributed by atoms with Gasteiger partial charge in [0, 0.05) is 30.8 Å². The van der Waals surface area contributed by atoms with Crippen LogP contribution in [0, 0.1) is 11.8 Å². The number of aromatic hydroxyl groups is 2. The standard InChI is InChI=1S/C15H20N2O3/c16-12-2-1-9-7-17(8-11(9)3-12)15(20)10-4-13(18)6-14(19)5-10/h4-6,9,11-12,18-19H,1-3,7-8,16H2/t9-,11+,12?/m1/s1. The average Bonchev–Trinajstić information content (AvgIpc) is 2.79. The van der Waals surface area contributed by atoms with Gasteiger partial charge in [-0.25, -0.2) is 0 Å². The molecule has 0 radical (unpaired) electrons. The molecule has 5 nitrogen and oxygen atoms in total. The van der Waals surface area contributed by atoms with Gasteiger partial charge in [0.2, 0.25) is 0 Å². The molecule has 1 aliphatic heterocycles. The Morgan fingerprint density at radius 3 is 2.45 bits per heavy atom. The molecular formula is C15H20N2O3. The van der Waals surface area contributed by atoms with Crippen molar-refractivity contribution in [2.75, 3.05) is 13.1 Å². The zero-order chi connectivity index (χ0) is 14.3. The van der Waals surface area contributed by atoms with Crippen molar-refractivity contribution in [1.82, 2.24) is 4.90 Å². The van der Waals surface area contributed by atoms with Gasteiger partial charge < -0.3 is 20.8 Å². The number of fused-ring (bicyclic) bond motifs is 1. The van der Waals surface area contributed by atoms with E-state index in [0.717, 1.165) is 32.4 Å². The van der Waals surface area contributed by atoms with Crippen LogP contribution in [-0.2, 0) is 0 Å². The number of benzene rings is 1. The number of nitrogens with two attached hydrogens (primary N) is 1. The summed E-state index contributed by atoms with van der Waals surface area (Å²) < 4.78 is 0. The average molecular weight is 276 g/mol. The SMILES string of the molecule is NC1CC[C@@H]2CN(C(=O)c3cc(O)cc(O)c3)C[C@@H]2C1. The van der Waals surface area contributed by atoms with Crippen LogP contribution in [0.15, 0.2) is 18.2 Å². The first-order valence-electron chi connectivity index (χ1n) is 7.11. The number of nitrogens with zero attached hydrogens (tertiary/aromatic N) is 1. The minimum Gasteiger partial charge on any atom is -0.508 e. The molecule has 0 bridgehead atoms. The van der Waals surface area contributed by atoms with E-state index in [1.807, 2.05) is 4.90 Å². The van der Waals surface area contributed by atoms with Crippen LogP contribution in [0.1, 0.15) is 29.6 Å². The molecule has 1 aromatic carbocycles. The minimum absolute atomic E-state index is 0.0908. The Bertz CT molecular complexity index is 512. The summed E-state index contributed by atoms with van der Waals surface area (Å²) in [5.74, 6) is 0.733. The van der Waals surface area contributed by atoms with Crippen molar-refractivity contribution in [2.24, 2.45) is 17.6 Å². The van der Waals surface area contributed by atoms with E-state index in [-0.39, 0.29) is 23.4 Å². The van der Waals surface area contributed by atoms with Crippen LogP contribution in [0.5, 0.6) is 11.5 Å². The van der Waals surface area contributed by atoms with Crippen LogP contribution in [0.4, 0.5) is 0 Å². The first kappa shape index (κ1) is 13.2. The monoisotopic (exact) mass is 276 g/mol. The first-order chi connectivity index (χ1) is 9.52. The van der Waals surface area contributed by atoms with Crippen LogP contribution in [0.3, 0.4) is 0 Å². The van der Waals surface area contributed by atoms with E-state index in [1.165, 1.54) is 18.2 Å². The molecule has 108 valence electrons. The van der Waals surface area contributed by atoms with Crippen molar-refractivity contribution < 1.29 is 15.0 Å². The summed E-state index contributed by atoms with van der Waals surface area (Å²) in [7, 11) is 0. The van der Waals surface area contributed by atoms with E-state index in [0.29, 0.717) is 17.4 Å². The molecule has 3 atom stereocenters. The molecule has 1 aliphatic carbocycles. The Morgan fingerprint density at radius 1 is 1.10 bits per heavy atom. The molecular weight excluding hydrogens is 256 g/mol. The Labute approximate surface area is 118 Å². The molecule has 1 heterocycles. The Balaban J connectivity index is 1.75. The number of phenolic OH excluding ortho intramolecular Hbond substituents is 2. The highest BCUT2D eigenvalue weighted by Crippen LogP contribution is 2.36. The molecule has 1 saturated carbocycles. The Kier molecular flexibility index (Phi) is 3.30. The van der Waals surface area contributed by atoms with Gasteiger partial charge in [0.1, 0.15) is 11.5 Å². The summed E-state index contributed by atoms with van der Waals surface area (Å²) in [5, 5.41) is 19.0. The quantitative estimate of drug-likeness (QED) is 0.721. The highest BCUT2D eigenvalue weighted by atomic mass is 16.3. The topological polar surface area (TPSA) is 86.8 Å². The number of carbonyl (C=O) groups is 1. The number of carbonyl (C=O) groups excluding carboxylic acids is 1. The summed E-state index contributed by atoms with van der Waals surface area (Å²) in [6.07, 6.45) is 3.11. The van der Waals surface area contributed by atoms with Gasteiger partial charge >= 0.3 is 0 Å². The van der Waals surface area contributed by atoms with Crippen LogP contribution >= 0.6 is 0 Å².